The van der Waals surface area contributed by atoms with Crippen molar-refractivity contribution in [2.75, 3.05) is 0 Å². The molecule has 0 radical (unpaired) electrons. The van der Waals surface area contributed by atoms with Gasteiger partial charge in [0.05, 0.1) is 6.04 Å². The van der Waals surface area contributed by atoms with Gasteiger partial charge in [0.1, 0.15) is 0 Å². The van der Waals surface area contributed by atoms with E-state index in [1.54, 1.807) is 0 Å². The molecule has 2 N–H and O–H groups in total. The van der Waals surface area contributed by atoms with E-state index in [9.17, 15) is 0 Å². The fraction of sp³-hybridized carbons (Fsp3) is 0.200. The molecular weight excluding hydrogens is 357 g/mol. The zero-order chi connectivity index (χ0) is 13.3. The highest BCUT2D eigenvalue weighted by atomic mass is 127. The summed E-state index contributed by atoms with van der Waals surface area (Å²) in [6, 6.07) is 12.3. The first-order chi connectivity index (χ1) is 8.49. The molecule has 3 heteroatoms. The molecule has 94 valence electrons. The SMILES string of the molecule is Cc1cc(C(N)c2ccc(I)cc2)c(C)cc1Cl. The number of benzene rings is 2. The van der Waals surface area contributed by atoms with Gasteiger partial charge >= 0.3 is 0 Å². The average molecular weight is 372 g/mol. The number of hydrogen-bond acceptors (Lipinski definition) is 1. The first kappa shape index (κ1) is 13.8. The smallest absolute Gasteiger partial charge is 0.0554 e. The van der Waals surface area contributed by atoms with Gasteiger partial charge in [-0.2, -0.15) is 0 Å². The summed E-state index contributed by atoms with van der Waals surface area (Å²) in [7, 11) is 0. The maximum absolute atomic E-state index is 6.34. The monoisotopic (exact) mass is 371 g/mol. The summed E-state index contributed by atoms with van der Waals surface area (Å²) < 4.78 is 1.22. The molecule has 0 amide bonds. The minimum Gasteiger partial charge on any atom is -0.320 e. The lowest BCUT2D eigenvalue weighted by molar-refractivity contribution is 0.859. The van der Waals surface area contributed by atoms with Gasteiger partial charge in [-0.3, -0.25) is 0 Å². The summed E-state index contributed by atoms with van der Waals surface area (Å²) in [4.78, 5) is 0. The van der Waals surface area contributed by atoms with Gasteiger partial charge in [-0.05, 0) is 76.9 Å². The molecule has 0 bridgehead atoms. The molecule has 0 aromatic heterocycles. The topological polar surface area (TPSA) is 26.0 Å². The van der Waals surface area contributed by atoms with Crippen molar-refractivity contribution in [3.8, 4) is 0 Å². The number of rotatable bonds is 2. The lowest BCUT2D eigenvalue weighted by Crippen LogP contribution is -2.13. The Hall–Kier alpha value is -0.580. The second kappa shape index (κ2) is 5.59. The van der Waals surface area contributed by atoms with Crippen molar-refractivity contribution >= 4 is 34.2 Å². The van der Waals surface area contributed by atoms with E-state index in [-0.39, 0.29) is 6.04 Å². The molecule has 0 aliphatic heterocycles. The zero-order valence-electron chi connectivity index (χ0n) is 10.4. The summed E-state index contributed by atoms with van der Waals surface area (Å²) in [5.41, 5.74) is 10.8. The molecule has 18 heavy (non-hydrogen) atoms. The van der Waals surface area contributed by atoms with Gasteiger partial charge in [0.2, 0.25) is 0 Å². The molecule has 0 aliphatic carbocycles. The molecular formula is C15H15ClIN. The summed E-state index contributed by atoms with van der Waals surface area (Å²) in [6.45, 7) is 4.05. The summed E-state index contributed by atoms with van der Waals surface area (Å²) in [5, 5.41) is 0.797. The molecule has 0 spiro atoms. The largest absolute Gasteiger partial charge is 0.320 e. The zero-order valence-corrected chi connectivity index (χ0v) is 13.3. The van der Waals surface area contributed by atoms with Gasteiger partial charge in [0.15, 0.2) is 0 Å². The van der Waals surface area contributed by atoms with Crippen molar-refractivity contribution in [1.29, 1.82) is 0 Å². The van der Waals surface area contributed by atoms with E-state index in [1.807, 2.05) is 19.9 Å². The van der Waals surface area contributed by atoms with Gasteiger partial charge in [-0.1, -0.05) is 29.8 Å². The Kier molecular flexibility index (Phi) is 4.30. The first-order valence-electron chi connectivity index (χ1n) is 5.76. The third-order valence-electron chi connectivity index (χ3n) is 3.11. The first-order valence-corrected chi connectivity index (χ1v) is 7.22. The van der Waals surface area contributed by atoms with Crippen molar-refractivity contribution in [1.82, 2.24) is 0 Å². The number of halogens is 2. The van der Waals surface area contributed by atoms with E-state index in [0.29, 0.717) is 0 Å². The molecule has 0 saturated heterocycles. The van der Waals surface area contributed by atoms with E-state index in [0.717, 1.165) is 27.3 Å². The second-order valence-corrected chi connectivity index (χ2v) is 6.14. The van der Waals surface area contributed by atoms with Crippen LogP contribution in [0.5, 0.6) is 0 Å². The van der Waals surface area contributed by atoms with Crippen LogP contribution in [-0.4, -0.2) is 0 Å². The van der Waals surface area contributed by atoms with Crippen molar-refractivity contribution in [3.05, 3.63) is 67.2 Å². The number of aryl methyl sites for hydroxylation is 2. The Morgan fingerprint density at radius 3 is 2.28 bits per heavy atom. The van der Waals surface area contributed by atoms with Gasteiger partial charge in [-0.15, -0.1) is 0 Å². The fourth-order valence-electron chi connectivity index (χ4n) is 1.99. The van der Waals surface area contributed by atoms with E-state index < -0.39 is 0 Å². The third kappa shape index (κ3) is 2.87. The number of hydrogen-bond donors (Lipinski definition) is 1. The minimum absolute atomic E-state index is 0.0991. The fourth-order valence-corrected chi connectivity index (χ4v) is 2.57. The standard InChI is InChI=1S/C15H15ClIN/c1-9-8-14(16)10(2)7-13(9)15(18)11-3-5-12(17)6-4-11/h3-8,15H,18H2,1-2H3. The molecule has 2 aromatic carbocycles. The molecule has 2 aromatic rings. The summed E-state index contributed by atoms with van der Waals surface area (Å²) in [6.07, 6.45) is 0. The molecule has 1 nitrogen and oxygen atoms in total. The average Bonchev–Trinajstić information content (AvgIpc) is 2.34. The Morgan fingerprint density at radius 2 is 1.67 bits per heavy atom. The van der Waals surface area contributed by atoms with Gasteiger partial charge in [0, 0.05) is 8.59 Å². The van der Waals surface area contributed by atoms with Crippen LogP contribution >= 0.6 is 34.2 Å². The van der Waals surface area contributed by atoms with Gasteiger partial charge < -0.3 is 5.73 Å². The summed E-state index contributed by atoms with van der Waals surface area (Å²) >= 11 is 8.41. The van der Waals surface area contributed by atoms with Crippen molar-refractivity contribution < 1.29 is 0 Å². The van der Waals surface area contributed by atoms with E-state index in [2.05, 4.69) is 52.9 Å². The maximum atomic E-state index is 6.34. The Balaban J connectivity index is 2.42. The Labute approximate surface area is 126 Å². The van der Waals surface area contributed by atoms with E-state index in [1.165, 1.54) is 3.57 Å². The van der Waals surface area contributed by atoms with Crippen molar-refractivity contribution in [2.24, 2.45) is 5.73 Å². The van der Waals surface area contributed by atoms with E-state index >= 15 is 0 Å². The molecule has 0 aliphatic rings. The van der Waals surface area contributed by atoms with Crippen LogP contribution in [0, 0.1) is 17.4 Å². The quantitative estimate of drug-likeness (QED) is 0.767. The lowest BCUT2D eigenvalue weighted by atomic mass is 9.94. The molecule has 0 saturated carbocycles. The van der Waals surface area contributed by atoms with Crippen LogP contribution < -0.4 is 5.73 Å². The predicted molar refractivity (Wildman–Crippen MR) is 86.1 cm³/mol. The van der Waals surface area contributed by atoms with Crippen LogP contribution in [0.3, 0.4) is 0 Å². The summed E-state index contributed by atoms with van der Waals surface area (Å²) in [5.74, 6) is 0. The molecule has 0 fully saturated rings. The Morgan fingerprint density at radius 1 is 1.06 bits per heavy atom. The van der Waals surface area contributed by atoms with Crippen molar-refractivity contribution in [2.45, 2.75) is 19.9 Å². The van der Waals surface area contributed by atoms with Crippen LogP contribution in [0.15, 0.2) is 36.4 Å². The van der Waals surface area contributed by atoms with Crippen molar-refractivity contribution in [3.63, 3.8) is 0 Å². The normalized spacial score (nSPS) is 12.5. The van der Waals surface area contributed by atoms with Gasteiger partial charge in [0.25, 0.3) is 0 Å². The lowest BCUT2D eigenvalue weighted by Gasteiger charge is -2.17. The highest BCUT2D eigenvalue weighted by Crippen LogP contribution is 2.27. The van der Waals surface area contributed by atoms with E-state index in [4.69, 9.17) is 17.3 Å². The number of nitrogens with two attached hydrogens (primary N) is 1. The minimum atomic E-state index is -0.0991. The third-order valence-corrected chi connectivity index (χ3v) is 4.24. The Bertz CT molecular complexity index is 563. The molecule has 1 atom stereocenters. The van der Waals surface area contributed by atoms with Gasteiger partial charge in [-0.25, -0.2) is 0 Å². The highest BCUT2D eigenvalue weighted by Gasteiger charge is 2.13. The van der Waals surface area contributed by atoms with Crippen LogP contribution in [-0.2, 0) is 0 Å². The highest BCUT2D eigenvalue weighted by molar-refractivity contribution is 14.1. The van der Waals surface area contributed by atoms with Crippen LogP contribution in [0.1, 0.15) is 28.3 Å². The predicted octanol–water partition coefficient (Wildman–Crippen LogP) is 4.61. The second-order valence-electron chi connectivity index (χ2n) is 4.49. The molecule has 0 heterocycles. The molecule has 1 unspecified atom stereocenters. The van der Waals surface area contributed by atoms with Crippen LogP contribution in [0.4, 0.5) is 0 Å². The molecule has 2 rings (SSSR count). The van der Waals surface area contributed by atoms with Crippen LogP contribution in [0.2, 0.25) is 5.02 Å². The van der Waals surface area contributed by atoms with Crippen LogP contribution in [0.25, 0.3) is 0 Å². The maximum Gasteiger partial charge on any atom is 0.0554 e.